The summed E-state index contributed by atoms with van der Waals surface area (Å²) in [6, 6.07) is 5.39. The van der Waals surface area contributed by atoms with Crippen LogP contribution in [0.1, 0.15) is 22.5 Å². The zero-order valence-corrected chi connectivity index (χ0v) is 19.4. The minimum atomic E-state index is -3.70. The van der Waals surface area contributed by atoms with E-state index in [1.807, 2.05) is 20.8 Å². The highest BCUT2D eigenvalue weighted by molar-refractivity contribution is 14.0. The van der Waals surface area contributed by atoms with Crippen LogP contribution in [-0.2, 0) is 16.4 Å². The van der Waals surface area contributed by atoms with Gasteiger partial charge in [0, 0.05) is 18.0 Å². The first-order valence-electron chi connectivity index (χ1n) is 8.26. The monoisotopic (exact) mass is 526 g/mol. The fraction of sp³-hybridized carbons (Fsp3) is 0.412. The van der Waals surface area contributed by atoms with Crippen molar-refractivity contribution in [2.24, 2.45) is 4.99 Å². The Morgan fingerprint density at radius 3 is 2.56 bits per heavy atom. The molecule has 150 valence electrons. The Balaban J connectivity index is 0.00000364. The third kappa shape index (κ3) is 7.00. The number of guanidine groups is 1. The average molecular weight is 526 g/mol. The molecule has 0 fully saturated rings. The Labute approximate surface area is 180 Å². The van der Waals surface area contributed by atoms with Crippen molar-refractivity contribution in [1.82, 2.24) is 15.6 Å². The summed E-state index contributed by atoms with van der Waals surface area (Å²) < 4.78 is 38.2. The first-order valence-corrected chi connectivity index (χ1v) is 10.7. The molecule has 2 aromatic rings. The van der Waals surface area contributed by atoms with E-state index in [0.29, 0.717) is 19.0 Å². The molecule has 2 rings (SSSR count). The van der Waals surface area contributed by atoms with Crippen molar-refractivity contribution in [1.29, 1.82) is 0 Å². The van der Waals surface area contributed by atoms with Crippen molar-refractivity contribution in [3.63, 3.8) is 0 Å². The number of halogens is 2. The van der Waals surface area contributed by atoms with Crippen LogP contribution in [0.4, 0.5) is 4.39 Å². The highest BCUT2D eigenvalue weighted by Gasteiger charge is 2.18. The van der Waals surface area contributed by atoms with Crippen molar-refractivity contribution in [3.8, 4) is 0 Å². The molecule has 10 heteroatoms. The number of rotatable bonds is 7. The molecular weight excluding hydrogens is 502 g/mol. The lowest BCUT2D eigenvalue weighted by Gasteiger charge is -2.11. The largest absolute Gasteiger partial charge is 0.357 e. The van der Waals surface area contributed by atoms with E-state index < -0.39 is 15.7 Å². The fourth-order valence-electron chi connectivity index (χ4n) is 2.32. The van der Waals surface area contributed by atoms with Gasteiger partial charge in [0.1, 0.15) is 10.7 Å². The minimum absolute atomic E-state index is 0. The van der Waals surface area contributed by atoms with Gasteiger partial charge in [0.05, 0.1) is 23.0 Å². The molecule has 0 saturated carbocycles. The lowest BCUT2D eigenvalue weighted by Crippen LogP contribution is -2.39. The molecule has 0 spiro atoms. The Morgan fingerprint density at radius 2 is 1.96 bits per heavy atom. The molecule has 0 aliphatic rings. The Hall–Kier alpha value is -1.27. The molecule has 0 bridgehead atoms. The van der Waals surface area contributed by atoms with E-state index in [2.05, 4.69) is 20.6 Å². The third-order valence-electron chi connectivity index (χ3n) is 3.56. The van der Waals surface area contributed by atoms with Crippen molar-refractivity contribution in [3.05, 3.63) is 45.7 Å². The molecule has 0 aliphatic carbocycles. The molecule has 2 N–H and O–H groups in total. The van der Waals surface area contributed by atoms with Crippen molar-refractivity contribution < 1.29 is 12.8 Å². The van der Waals surface area contributed by atoms with Crippen LogP contribution in [0.15, 0.2) is 34.2 Å². The van der Waals surface area contributed by atoms with Crippen LogP contribution in [0, 0.1) is 19.7 Å². The number of nitrogens with one attached hydrogen (secondary N) is 2. The second-order valence-electron chi connectivity index (χ2n) is 5.61. The second kappa shape index (κ2) is 10.9. The summed E-state index contributed by atoms with van der Waals surface area (Å²) in [7, 11) is -3.70. The van der Waals surface area contributed by atoms with Gasteiger partial charge in [0.25, 0.3) is 0 Å². The molecule has 27 heavy (non-hydrogen) atoms. The summed E-state index contributed by atoms with van der Waals surface area (Å²) in [4.78, 5) is 9.62. The van der Waals surface area contributed by atoms with Gasteiger partial charge < -0.3 is 10.6 Å². The Kier molecular flexibility index (Phi) is 9.60. The van der Waals surface area contributed by atoms with Crippen LogP contribution in [-0.4, -0.2) is 38.2 Å². The zero-order chi connectivity index (χ0) is 19.2. The first kappa shape index (κ1) is 23.8. The van der Waals surface area contributed by atoms with Crippen molar-refractivity contribution in [2.75, 3.05) is 18.8 Å². The van der Waals surface area contributed by atoms with Crippen LogP contribution in [0.3, 0.4) is 0 Å². The standard InChI is InChI=1S/C17H23FN4O2S2.HI/c1-4-19-17(21-11-15-12(2)22-13(3)25-15)20-9-10-26(23,24)16-8-6-5-7-14(16)18;/h5-8H,4,9-11H2,1-3H3,(H2,19,20,21);1H. The molecule has 1 heterocycles. The van der Waals surface area contributed by atoms with Gasteiger partial charge in [-0.3, -0.25) is 0 Å². The molecule has 0 aliphatic heterocycles. The summed E-state index contributed by atoms with van der Waals surface area (Å²) in [6.07, 6.45) is 0. The number of benzene rings is 1. The average Bonchev–Trinajstić information content (AvgIpc) is 2.90. The quantitative estimate of drug-likeness (QED) is 0.329. The first-order chi connectivity index (χ1) is 12.3. The number of sulfone groups is 1. The summed E-state index contributed by atoms with van der Waals surface area (Å²) in [6.45, 7) is 7.05. The fourth-order valence-corrected chi connectivity index (χ4v) is 4.43. The van der Waals surface area contributed by atoms with Gasteiger partial charge in [0.2, 0.25) is 0 Å². The summed E-state index contributed by atoms with van der Waals surface area (Å²) in [5.41, 5.74) is 0.953. The highest BCUT2D eigenvalue weighted by atomic mass is 127. The number of aliphatic imine (C=N–C) groups is 1. The van der Waals surface area contributed by atoms with Gasteiger partial charge in [-0.1, -0.05) is 12.1 Å². The molecule has 0 radical (unpaired) electrons. The number of hydrogen-bond acceptors (Lipinski definition) is 5. The van der Waals surface area contributed by atoms with Gasteiger partial charge in [0.15, 0.2) is 15.8 Å². The molecule has 0 atom stereocenters. The molecule has 0 unspecified atom stereocenters. The smallest absolute Gasteiger partial charge is 0.191 e. The summed E-state index contributed by atoms with van der Waals surface area (Å²) >= 11 is 1.59. The van der Waals surface area contributed by atoms with Crippen molar-refractivity contribution >= 4 is 51.1 Å². The summed E-state index contributed by atoms with van der Waals surface area (Å²) in [5, 5.41) is 7.04. The molecule has 1 aromatic heterocycles. The normalized spacial score (nSPS) is 11.8. The van der Waals surface area contributed by atoms with E-state index in [1.165, 1.54) is 18.2 Å². The predicted octanol–water partition coefficient (Wildman–Crippen LogP) is 3.05. The van der Waals surface area contributed by atoms with E-state index in [-0.39, 0.29) is 41.2 Å². The van der Waals surface area contributed by atoms with Gasteiger partial charge >= 0.3 is 0 Å². The van der Waals surface area contributed by atoms with Crippen LogP contribution in [0.25, 0.3) is 0 Å². The van der Waals surface area contributed by atoms with Crippen molar-refractivity contribution in [2.45, 2.75) is 32.2 Å². The molecular formula is C17H24FIN4O2S2. The van der Waals surface area contributed by atoms with Gasteiger partial charge in [-0.25, -0.2) is 22.8 Å². The zero-order valence-electron chi connectivity index (χ0n) is 15.5. The van der Waals surface area contributed by atoms with Crippen LogP contribution in [0.5, 0.6) is 0 Å². The minimum Gasteiger partial charge on any atom is -0.357 e. The number of aryl methyl sites for hydroxylation is 2. The molecule has 6 nitrogen and oxygen atoms in total. The van der Waals surface area contributed by atoms with E-state index in [4.69, 9.17) is 0 Å². The predicted molar refractivity (Wildman–Crippen MR) is 118 cm³/mol. The van der Waals surface area contributed by atoms with Crippen LogP contribution < -0.4 is 10.6 Å². The second-order valence-corrected chi connectivity index (χ2v) is 8.98. The Bertz CT molecular complexity index is 885. The summed E-state index contributed by atoms with van der Waals surface area (Å²) in [5.74, 6) is -0.442. The molecule has 0 saturated heterocycles. The molecule has 1 aromatic carbocycles. The molecule has 0 amide bonds. The number of hydrogen-bond donors (Lipinski definition) is 2. The SMILES string of the molecule is CCNC(=NCc1sc(C)nc1C)NCCS(=O)(=O)c1ccccc1F.I. The maximum Gasteiger partial charge on any atom is 0.191 e. The highest BCUT2D eigenvalue weighted by Crippen LogP contribution is 2.18. The maximum absolute atomic E-state index is 13.7. The number of thiazole rings is 1. The van der Waals surface area contributed by atoms with E-state index in [9.17, 15) is 12.8 Å². The van der Waals surface area contributed by atoms with Gasteiger partial charge in [-0.15, -0.1) is 35.3 Å². The van der Waals surface area contributed by atoms with E-state index >= 15 is 0 Å². The van der Waals surface area contributed by atoms with Gasteiger partial charge in [-0.05, 0) is 32.9 Å². The lowest BCUT2D eigenvalue weighted by atomic mass is 10.3. The lowest BCUT2D eigenvalue weighted by molar-refractivity contribution is 0.566. The van der Waals surface area contributed by atoms with Crippen LogP contribution in [0.2, 0.25) is 0 Å². The number of aromatic nitrogens is 1. The topological polar surface area (TPSA) is 83.4 Å². The third-order valence-corrected chi connectivity index (χ3v) is 6.36. The Morgan fingerprint density at radius 1 is 1.26 bits per heavy atom. The van der Waals surface area contributed by atoms with E-state index in [1.54, 1.807) is 11.3 Å². The van der Waals surface area contributed by atoms with E-state index in [0.717, 1.165) is 21.6 Å². The number of nitrogens with zero attached hydrogens (tertiary/aromatic N) is 2. The van der Waals surface area contributed by atoms with Crippen LogP contribution >= 0.6 is 35.3 Å². The van der Waals surface area contributed by atoms with Gasteiger partial charge in [-0.2, -0.15) is 0 Å². The maximum atomic E-state index is 13.7.